The van der Waals surface area contributed by atoms with E-state index in [2.05, 4.69) is 0 Å². The molecule has 0 radical (unpaired) electrons. The van der Waals surface area contributed by atoms with E-state index in [1.807, 2.05) is 18.2 Å². The van der Waals surface area contributed by atoms with Gasteiger partial charge in [-0.05, 0) is 5.56 Å². The Bertz CT molecular complexity index is 442. The van der Waals surface area contributed by atoms with Crippen molar-refractivity contribution in [3.05, 3.63) is 35.9 Å². The Hall–Kier alpha value is -1.12. The second kappa shape index (κ2) is 6.76. The quantitative estimate of drug-likeness (QED) is 0.847. The lowest BCUT2D eigenvalue weighted by Crippen LogP contribution is -2.63. The van der Waals surface area contributed by atoms with Gasteiger partial charge in [-0.2, -0.15) is 0 Å². The van der Waals surface area contributed by atoms with E-state index in [1.165, 1.54) is 7.11 Å². The molecule has 0 aliphatic carbocycles. The van der Waals surface area contributed by atoms with E-state index >= 15 is 0 Å². The molecule has 0 amide bonds. The average Bonchev–Trinajstić information content (AvgIpc) is 2.49. The first-order valence-electron chi connectivity index (χ1n) is 6.50. The van der Waals surface area contributed by atoms with Gasteiger partial charge in [-0.15, -0.1) is 0 Å². The van der Waals surface area contributed by atoms with Crippen molar-refractivity contribution in [1.29, 1.82) is 0 Å². The second-order valence-electron chi connectivity index (χ2n) is 4.84. The Morgan fingerprint density at radius 1 is 1.24 bits per heavy atom. The van der Waals surface area contributed by atoms with E-state index in [0.29, 0.717) is 0 Å². The topological polar surface area (TPSA) is 68.2 Å². The summed E-state index contributed by atoms with van der Waals surface area (Å²) in [7, 11) is 1.20. The zero-order valence-electron chi connectivity index (χ0n) is 11.5. The first-order chi connectivity index (χ1) is 9.96. The lowest BCUT2D eigenvalue weighted by Gasteiger charge is -2.41. The first kappa shape index (κ1) is 16.3. The van der Waals surface area contributed by atoms with E-state index in [9.17, 15) is 19.0 Å². The van der Waals surface area contributed by atoms with Crippen LogP contribution in [-0.4, -0.2) is 54.5 Å². The number of aliphatic hydroxyl groups excluding tert-OH is 2. The van der Waals surface area contributed by atoms with Gasteiger partial charge in [0, 0.05) is 7.11 Å². The zero-order valence-corrected chi connectivity index (χ0v) is 11.5. The van der Waals surface area contributed by atoms with E-state index in [4.69, 9.17) is 14.2 Å². The molecule has 0 aromatic heterocycles. The van der Waals surface area contributed by atoms with Crippen molar-refractivity contribution < 1.29 is 33.2 Å². The molecule has 0 spiro atoms. The van der Waals surface area contributed by atoms with Crippen LogP contribution in [0.3, 0.4) is 0 Å². The predicted octanol–water partition coefficient (Wildman–Crippen LogP) is 0.932. The lowest BCUT2D eigenvalue weighted by molar-refractivity contribution is -0.342. The molecule has 2 N–H and O–H groups in total. The minimum atomic E-state index is -3.62. The fourth-order valence-corrected chi connectivity index (χ4v) is 2.10. The van der Waals surface area contributed by atoms with Crippen molar-refractivity contribution >= 4 is 0 Å². The van der Waals surface area contributed by atoms with Gasteiger partial charge in [0.15, 0.2) is 18.5 Å². The molecular weight excluding hydrogens is 286 g/mol. The highest BCUT2D eigenvalue weighted by Crippen LogP contribution is 2.35. The highest BCUT2D eigenvalue weighted by molar-refractivity contribution is 5.13. The van der Waals surface area contributed by atoms with Gasteiger partial charge >= 0.3 is 5.92 Å². The minimum Gasteiger partial charge on any atom is -0.385 e. The summed E-state index contributed by atoms with van der Waals surface area (Å²) in [6.45, 7) is -0.279. The van der Waals surface area contributed by atoms with E-state index in [-0.39, 0.29) is 6.61 Å². The lowest BCUT2D eigenvalue weighted by atomic mass is 9.98. The van der Waals surface area contributed by atoms with Gasteiger partial charge in [0.25, 0.3) is 0 Å². The number of benzene rings is 1. The molecule has 1 aliphatic rings. The summed E-state index contributed by atoms with van der Waals surface area (Å²) in [5.41, 5.74) is 0.834. The predicted molar refractivity (Wildman–Crippen MR) is 68.7 cm³/mol. The molecule has 1 heterocycles. The Kier molecular flexibility index (Phi) is 5.23. The standard InChI is InChI=1S/C14H18F2O5/c1-19-13-11(17)12(18)14(15,16)10(21-13)8-20-7-9-5-3-2-4-6-9/h2-6,10-13,17-18H,7-8H2,1H3/t10-,11-,12-,13-/m0/s1. The maximum Gasteiger partial charge on any atom is 0.304 e. The van der Waals surface area contributed by atoms with Crippen molar-refractivity contribution in [3.63, 3.8) is 0 Å². The number of ether oxygens (including phenoxy) is 3. The molecule has 1 saturated heterocycles. The van der Waals surface area contributed by atoms with Crippen molar-refractivity contribution in [2.75, 3.05) is 13.7 Å². The summed E-state index contributed by atoms with van der Waals surface area (Å²) < 4.78 is 42.7. The van der Waals surface area contributed by atoms with Gasteiger partial charge in [-0.3, -0.25) is 0 Å². The van der Waals surface area contributed by atoms with Crippen LogP contribution in [0.15, 0.2) is 30.3 Å². The van der Waals surface area contributed by atoms with Crippen LogP contribution in [0.2, 0.25) is 0 Å². The Labute approximate surface area is 121 Å². The van der Waals surface area contributed by atoms with Crippen LogP contribution >= 0.6 is 0 Å². The third-order valence-electron chi connectivity index (χ3n) is 3.34. The number of rotatable bonds is 5. The van der Waals surface area contributed by atoms with Crippen molar-refractivity contribution in [3.8, 4) is 0 Å². The molecular formula is C14H18F2O5. The van der Waals surface area contributed by atoms with Gasteiger partial charge in [-0.1, -0.05) is 30.3 Å². The molecule has 1 aliphatic heterocycles. The van der Waals surface area contributed by atoms with Crippen LogP contribution in [0.1, 0.15) is 5.56 Å². The number of aliphatic hydroxyl groups is 2. The SMILES string of the molecule is CO[C@H]1O[C@@H](COCc2ccccc2)C(F)(F)[C@@H](O)[C@@H]1O. The first-order valence-corrected chi connectivity index (χ1v) is 6.50. The fraction of sp³-hybridized carbons (Fsp3) is 0.571. The average molecular weight is 304 g/mol. The number of halogens is 2. The van der Waals surface area contributed by atoms with Crippen molar-refractivity contribution in [2.45, 2.75) is 37.1 Å². The van der Waals surface area contributed by atoms with Crippen LogP contribution in [-0.2, 0) is 20.8 Å². The fourth-order valence-electron chi connectivity index (χ4n) is 2.10. The normalized spacial score (nSPS) is 32.0. The van der Waals surface area contributed by atoms with Gasteiger partial charge < -0.3 is 24.4 Å². The Balaban J connectivity index is 1.94. The van der Waals surface area contributed by atoms with E-state index in [0.717, 1.165) is 5.56 Å². The maximum atomic E-state index is 13.9. The molecule has 4 atom stereocenters. The third kappa shape index (κ3) is 3.56. The summed E-state index contributed by atoms with van der Waals surface area (Å²) in [5, 5.41) is 19.0. The van der Waals surface area contributed by atoms with Crippen molar-refractivity contribution in [1.82, 2.24) is 0 Å². The second-order valence-corrected chi connectivity index (χ2v) is 4.84. The largest absolute Gasteiger partial charge is 0.385 e. The summed E-state index contributed by atoms with van der Waals surface area (Å²) in [6, 6.07) is 9.06. The Morgan fingerprint density at radius 3 is 2.52 bits per heavy atom. The van der Waals surface area contributed by atoms with Crippen LogP contribution in [0.5, 0.6) is 0 Å². The summed E-state index contributed by atoms with van der Waals surface area (Å²) >= 11 is 0. The molecule has 2 rings (SSSR count). The molecule has 5 nitrogen and oxygen atoms in total. The molecule has 1 aromatic rings. The molecule has 1 aromatic carbocycles. The number of alkyl halides is 2. The molecule has 7 heteroatoms. The van der Waals surface area contributed by atoms with Gasteiger partial charge in [0.1, 0.15) is 6.10 Å². The van der Waals surface area contributed by atoms with Gasteiger partial charge in [-0.25, -0.2) is 8.78 Å². The molecule has 0 saturated carbocycles. The van der Waals surface area contributed by atoms with Crippen molar-refractivity contribution in [2.24, 2.45) is 0 Å². The smallest absolute Gasteiger partial charge is 0.304 e. The van der Waals surface area contributed by atoms with Gasteiger partial charge in [0.05, 0.1) is 13.2 Å². The molecule has 0 unspecified atom stereocenters. The monoisotopic (exact) mass is 304 g/mol. The summed E-state index contributed by atoms with van der Waals surface area (Å²) in [5.74, 6) is -3.62. The summed E-state index contributed by atoms with van der Waals surface area (Å²) in [6.07, 6.45) is -7.08. The number of hydrogen-bond acceptors (Lipinski definition) is 5. The Morgan fingerprint density at radius 2 is 1.90 bits per heavy atom. The van der Waals surface area contributed by atoms with Crippen LogP contribution in [0, 0.1) is 0 Å². The summed E-state index contributed by atoms with van der Waals surface area (Å²) in [4.78, 5) is 0. The molecule has 1 fully saturated rings. The minimum absolute atomic E-state index is 0.146. The molecule has 0 bridgehead atoms. The van der Waals surface area contributed by atoms with E-state index < -0.39 is 37.1 Å². The maximum absolute atomic E-state index is 13.9. The molecule has 118 valence electrons. The number of hydrogen-bond donors (Lipinski definition) is 2. The highest BCUT2D eigenvalue weighted by Gasteiger charge is 2.57. The highest BCUT2D eigenvalue weighted by atomic mass is 19.3. The van der Waals surface area contributed by atoms with Gasteiger partial charge in [0.2, 0.25) is 0 Å². The molecule has 21 heavy (non-hydrogen) atoms. The van der Waals surface area contributed by atoms with Crippen LogP contribution in [0.4, 0.5) is 8.78 Å². The zero-order chi connectivity index (χ0) is 15.5. The van der Waals surface area contributed by atoms with Crippen LogP contribution in [0.25, 0.3) is 0 Å². The van der Waals surface area contributed by atoms with Crippen LogP contribution < -0.4 is 0 Å². The number of methoxy groups -OCH3 is 1. The van der Waals surface area contributed by atoms with E-state index in [1.54, 1.807) is 12.1 Å². The third-order valence-corrected chi connectivity index (χ3v) is 3.34.